The molecule has 2 rings (SSSR count). The fourth-order valence-corrected chi connectivity index (χ4v) is 2.06. The fraction of sp³-hybridized carbons (Fsp3) is 0.455. The minimum atomic E-state index is -0.982. The van der Waals surface area contributed by atoms with Crippen molar-refractivity contribution in [1.82, 2.24) is 4.98 Å². The Hall–Kier alpha value is -2.20. The van der Waals surface area contributed by atoms with Gasteiger partial charge >= 0.3 is 0 Å². The number of aliphatic hydroxyl groups is 1. The molecule has 1 aliphatic heterocycles. The molecule has 1 N–H and O–H groups in total. The van der Waals surface area contributed by atoms with E-state index in [9.17, 15) is 15.2 Å². The van der Waals surface area contributed by atoms with Gasteiger partial charge in [0.1, 0.15) is 17.6 Å². The monoisotopic (exact) mass is 248 g/mol. The number of pyridine rings is 1. The Balaban J connectivity index is 2.13. The zero-order valence-corrected chi connectivity index (χ0v) is 9.83. The molecule has 1 aliphatic rings. The molecule has 0 aromatic carbocycles. The van der Waals surface area contributed by atoms with Crippen LogP contribution in [0.5, 0.6) is 0 Å². The van der Waals surface area contributed by atoms with E-state index in [0.29, 0.717) is 24.5 Å². The van der Waals surface area contributed by atoms with Crippen molar-refractivity contribution in [2.75, 3.05) is 18.0 Å². The van der Waals surface area contributed by atoms with Crippen molar-refractivity contribution in [3.8, 4) is 6.07 Å². The summed E-state index contributed by atoms with van der Waals surface area (Å²) in [6.45, 7) is 2.38. The van der Waals surface area contributed by atoms with E-state index in [1.54, 1.807) is 11.8 Å². The van der Waals surface area contributed by atoms with E-state index >= 15 is 0 Å². The smallest absolute Gasteiger partial charge is 0.287 e. The molecule has 1 aromatic rings. The van der Waals surface area contributed by atoms with Crippen LogP contribution in [-0.2, 0) is 0 Å². The highest BCUT2D eigenvalue weighted by molar-refractivity contribution is 5.53. The van der Waals surface area contributed by atoms with Crippen LogP contribution in [0.15, 0.2) is 12.3 Å². The van der Waals surface area contributed by atoms with Gasteiger partial charge in [0.05, 0.1) is 30.5 Å². The zero-order chi connectivity index (χ0) is 13.3. The van der Waals surface area contributed by atoms with Gasteiger partial charge in [-0.25, -0.2) is 4.98 Å². The number of nitrogens with zero attached hydrogens (tertiary/aromatic N) is 4. The average molecular weight is 248 g/mol. The summed E-state index contributed by atoms with van der Waals surface area (Å²) in [5.74, 6) is 0.614. The van der Waals surface area contributed by atoms with Gasteiger partial charge in [-0.3, -0.25) is 10.1 Å². The summed E-state index contributed by atoms with van der Waals surface area (Å²) in [5.41, 5.74) is -0.350. The molecular weight excluding hydrogens is 236 g/mol. The van der Waals surface area contributed by atoms with Crippen LogP contribution in [0.4, 0.5) is 11.5 Å². The average Bonchev–Trinajstić information content (AvgIpc) is 2.26. The number of aromatic nitrogens is 1. The lowest BCUT2D eigenvalue weighted by molar-refractivity contribution is -0.385. The molecule has 0 spiro atoms. The number of β-amino-alcohol motifs (C(OH)–C–C–N with tert-alkyl or cyclic N) is 1. The van der Waals surface area contributed by atoms with E-state index in [1.165, 1.54) is 12.3 Å². The third kappa shape index (κ3) is 2.10. The zero-order valence-electron chi connectivity index (χ0n) is 9.83. The molecular formula is C11H12N4O3. The lowest BCUT2D eigenvalue weighted by atomic mass is 9.91. The van der Waals surface area contributed by atoms with Crippen molar-refractivity contribution in [2.24, 2.45) is 0 Å². The van der Waals surface area contributed by atoms with E-state index in [2.05, 4.69) is 4.98 Å². The Morgan fingerprint density at radius 2 is 2.39 bits per heavy atom. The van der Waals surface area contributed by atoms with E-state index < -0.39 is 10.5 Å². The summed E-state index contributed by atoms with van der Waals surface area (Å²) in [7, 11) is 0. The maximum absolute atomic E-state index is 10.6. The number of nitro groups is 1. The van der Waals surface area contributed by atoms with Crippen LogP contribution < -0.4 is 4.90 Å². The third-order valence-corrected chi connectivity index (χ3v) is 2.93. The van der Waals surface area contributed by atoms with Crippen LogP contribution in [0.25, 0.3) is 0 Å². The van der Waals surface area contributed by atoms with Gasteiger partial charge in [0.2, 0.25) is 0 Å². The van der Waals surface area contributed by atoms with Crippen molar-refractivity contribution in [1.29, 1.82) is 5.26 Å². The van der Waals surface area contributed by atoms with Crippen LogP contribution in [0.1, 0.15) is 12.0 Å². The molecule has 94 valence electrons. The quantitative estimate of drug-likeness (QED) is 0.625. The van der Waals surface area contributed by atoms with Crippen LogP contribution >= 0.6 is 0 Å². The first-order chi connectivity index (χ1) is 8.45. The Kier molecular flexibility index (Phi) is 2.88. The summed E-state index contributed by atoms with van der Waals surface area (Å²) in [6, 6.07) is 3.38. The Bertz CT molecular complexity index is 532. The first kappa shape index (κ1) is 12.3. The van der Waals surface area contributed by atoms with Crippen molar-refractivity contribution in [3.63, 3.8) is 0 Å². The number of hydrogen-bond acceptors (Lipinski definition) is 6. The number of anilines is 1. The molecule has 2 heterocycles. The first-order valence-corrected chi connectivity index (χ1v) is 5.40. The lowest BCUT2D eigenvalue weighted by Gasteiger charge is -2.46. The number of rotatable bonds is 3. The second kappa shape index (κ2) is 4.23. The minimum absolute atomic E-state index is 0.0518. The molecule has 18 heavy (non-hydrogen) atoms. The third-order valence-electron chi connectivity index (χ3n) is 2.93. The Labute approximate surface area is 103 Å². The maximum Gasteiger partial charge on any atom is 0.287 e. The Morgan fingerprint density at radius 1 is 1.72 bits per heavy atom. The van der Waals surface area contributed by atoms with Crippen molar-refractivity contribution in [3.05, 3.63) is 27.9 Å². The molecule has 0 amide bonds. The Morgan fingerprint density at radius 3 is 2.89 bits per heavy atom. The second-order valence-corrected chi connectivity index (χ2v) is 4.51. The molecule has 1 aromatic heterocycles. The van der Waals surface area contributed by atoms with Gasteiger partial charge in [0.25, 0.3) is 5.69 Å². The molecule has 7 heteroatoms. The molecule has 0 radical (unpaired) electrons. The van der Waals surface area contributed by atoms with Crippen LogP contribution in [0, 0.1) is 28.4 Å². The van der Waals surface area contributed by atoms with Gasteiger partial charge in [-0.15, -0.1) is 0 Å². The summed E-state index contributed by atoms with van der Waals surface area (Å²) in [5, 5.41) is 29.0. The van der Waals surface area contributed by atoms with Gasteiger partial charge in [-0.1, -0.05) is 0 Å². The number of aryl methyl sites for hydroxylation is 1. The van der Waals surface area contributed by atoms with Gasteiger partial charge in [0, 0.05) is 6.07 Å². The summed E-state index contributed by atoms with van der Waals surface area (Å²) in [6.07, 6.45) is 1.28. The van der Waals surface area contributed by atoms with Crippen LogP contribution in [0.3, 0.4) is 0 Å². The highest BCUT2D eigenvalue weighted by Crippen LogP contribution is 2.31. The molecule has 1 fully saturated rings. The van der Waals surface area contributed by atoms with E-state index in [-0.39, 0.29) is 12.1 Å². The summed E-state index contributed by atoms with van der Waals surface area (Å²) >= 11 is 0. The summed E-state index contributed by atoms with van der Waals surface area (Å²) in [4.78, 5) is 15.9. The molecule has 0 aliphatic carbocycles. The predicted octanol–water partition coefficient (Wildman–Crippen LogP) is 0.763. The highest BCUT2D eigenvalue weighted by atomic mass is 16.6. The molecule has 7 nitrogen and oxygen atoms in total. The first-order valence-electron chi connectivity index (χ1n) is 5.40. The van der Waals surface area contributed by atoms with Crippen LogP contribution in [0.2, 0.25) is 0 Å². The molecule has 1 saturated heterocycles. The number of nitriles is 1. The van der Waals surface area contributed by atoms with E-state index in [1.807, 2.05) is 6.07 Å². The lowest BCUT2D eigenvalue weighted by Crippen LogP contribution is -2.62. The van der Waals surface area contributed by atoms with E-state index in [4.69, 9.17) is 5.26 Å². The van der Waals surface area contributed by atoms with Gasteiger partial charge in [0.15, 0.2) is 0 Å². The minimum Gasteiger partial charge on any atom is -0.385 e. The van der Waals surface area contributed by atoms with Gasteiger partial charge in [-0.05, 0) is 12.5 Å². The topological polar surface area (TPSA) is 103 Å². The largest absolute Gasteiger partial charge is 0.385 e. The van der Waals surface area contributed by atoms with E-state index in [0.717, 1.165) is 0 Å². The maximum atomic E-state index is 10.6. The normalized spacial score (nSPS) is 16.8. The second-order valence-electron chi connectivity index (χ2n) is 4.51. The standard InChI is InChI=1S/C11H12N4O3/c1-8-4-9(15(17)18)5-13-10(8)14-6-11(16,7-14)2-3-12/h4-5,16H,2,6-7H2,1H3. The molecule has 0 bridgehead atoms. The SMILES string of the molecule is Cc1cc([N+](=O)[O-])cnc1N1CC(O)(CC#N)C1. The molecule has 0 atom stereocenters. The highest BCUT2D eigenvalue weighted by Gasteiger charge is 2.42. The molecule has 0 unspecified atom stereocenters. The fourth-order valence-electron chi connectivity index (χ4n) is 2.06. The van der Waals surface area contributed by atoms with Crippen molar-refractivity contribution < 1.29 is 10.0 Å². The van der Waals surface area contributed by atoms with Crippen LogP contribution in [-0.4, -0.2) is 33.7 Å². The molecule has 0 saturated carbocycles. The number of hydrogen-bond donors (Lipinski definition) is 1. The van der Waals surface area contributed by atoms with Gasteiger partial charge in [-0.2, -0.15) is 5.26 Å². The van der Waals surface area contributed by atoms with Gasteiger partial charge < -0.3 is 10.0 Å². The van der Waals surface area contributed by atoms with Crippen molar-refractivity contribution in [2.45, 2.75) is 18.9 Å². The van der Waals surface area contributed by atoms with Crippen molar-refractivity contribution >= 4 is 11.5 Å². The predicted molar refractivity (Wildman–Crippen MR) is 63.0 cm³/mol. The summed E-state index contributed by atoms with van der Waals surface area (Å²) < 4.78 is 0.